The highest BCUT2D eigenvalue weighted by molar-refractivity contribution is 7.87. The van der Waals surface area contributed by atoms with Crippen LogP contribution in [0.4, 0.5) is 11.4 Å². The molecule has 0 aliphatic heterocycles. The summed E-state index contributed by atoms with van der Waals surface area (Å²) in [6, 6.07) is 7.58. The molecule has 0 heterocycles. The van der Waals surface area contributed by atoms with E-state index in [2.05, 4.69) is 0 Å². The van der Waals surface area contributed by atoms with E-state index in [1.165, 1.54) is 0 Å². The molecule has 2 rings (SSSR count). The fraction of sp³-hybridized carbons (Fsp3) is 0.250. The summed E-state index contributed by atoms with van der Waals surface area (Å²) < 4.78 is 58.0. The zero-order valence-corrected chi connectivity index (χ0v) is 17.4. The van der Waals surface area contributed by atoms with E-state index in [-0.39, 0.29) is 11.4 Å². The summed E-state index contributed by atoms with van der Waals surface area (Å²) in [4.78, 5) is 19.0. The van der Waals surface area contributed by atoms with Crippen molar-refractivity contribution in [3.8, 4) is 0 Å². The molecule has 0 saturated heterocycles. The van der Waals surface area contributed by atoms with E-state index in [1.54, 1.807) is 0 Å². The first-order chi connectivity index (χ1) is 14.2. The molecular formula is C16H16N2O11S2. The smallest absolute Gasteiger partial charge is 0.297 e. The summed E-state index contributed by atoms with van der Waals surface area (Å²) in [6.07, 6.45) is 0. The second-order valence-electron chi connectivity index (χ2n) is 6.43. The van der Waals surface area contributed by atoms with Gasteiger partial charge in [0.15, 0.2) is 0 Å². The number of nitrogens with zero attached hydrogens (tertiary/aromatic N) is 2. The van der Waals surface area contributed by atoms with Gasteiger partial charge in [0.1, 0.15) is 5.60 Å². The molecule has 0 fully saturated rings. The van der Waals surface area contributed by atoms with Crippen molar-refractivity contribution < 1.29 is 40.2 Å². The van der Waals surface area contributed by atoms with Crippen molar-refractivity contribution in [2.45, 2.75) is 22.3 Å². The normalized spacial score (nSPS) is 12.5. The van der Waals surface area contributed by atoms with Crippen LogP contribution in [0.5, 0.6) is 0 Å². The average Bonchev–Trinajstić information content (AvgIpc) is 2.71. The maximum atomic E-state index is 12.2. The van der Waals surface area contributed by atoms with Crippen LogP contribution in [0, 0.1) is 20.2 Å². The van der Waals surface area contributed by atoms with Gasteiger partial charge in [-0.1, -0.05) is 0 Å². The third-order valence-corrected chi connectivity index (χ3v) is 6.28. The van der Waals surface area contributed by atoms with Gasteiger partial charge in [0.05, 0.1) is 32.9 Å². The number of benzene rings is 2. The van der Waals surface area contributed by atoms with Gasteiger partial charge in [-0.05, 0) is 31.2 Å². The Kier molecular flexibility index (Phi) is 7.07. The first-order valence-electron chi connectivity index (χ1n) is 8.24. The molecule has 0 amide bonds. The van der Waals surface area contributed by atoms with Crippen LogP contribution in [0.25, 0.3) is 0 Å². The van der Waals surface area contributed by atoms with E-state index in [0.717, 1.165) is 55.5 Å². The molecule has 0 spiro atoms. The van der Waals surface area contributed by atoms with Gasteiger partial charge in [0.25, 0.3) is 31.6 Å². The summed E-state index contributed by atoms with van der Waals surface area (Å²) in [5.41, 5.74) is -2.74. The van der Waals surface area contributed by atoms with E-state index in [1.807, 2.05) is 0 Å². The molecule has 15 heteroatoms. The zero-order valence-electron chi connectivity index (χ0n) is 15.8. The lowest BCUT2D eigenvalue weighted by Crippen LogP contribution is -2.38. The molecule has 168 valence electrons. The Morgan fingerprint density at radius 1 is 0.774 bits per heavy atom. The summed E-state index contributed by atoms with van der Waals surface area (Å²) in [5, 5.41) is 31.5. The highest BCUT2D eigenvalue weighted by atomic mass is 32.2. The highest BCUT2D eigenvalue weighted by Crippen LogP contribution is 2.21. The van der Waals surface area contributed by atoms with Crippen LogP contribution in [0.2, 0.25) is 0 Å². The van der Waals surface area contributed by atoms with Crippen molar-refractivity contribution in [3.63, 3.8) is 0 Å². The first kappa shape index (κ1) is 24.3. The summed E-state index contributed by atoms with van der Waals surface area (Å²) in [6.45, 7) is -0.714. The topological polar surface area (TPSA) is 193 Å². The van der Waals surface area contributed by atoms with Gasteiger partial charge >= 0.3 is 0 Å². The van der Waals surface area contributed by atoms with E-state index < -0.39 is 58.7 Å². The van der Waals surface area contributed by atoms with Crippen LogP contribution in [0.3, 0.4) is 0 Å². The number of nitro groups is 2. The number of aliphatic hydroxyl groups is 1. The van der Waals surface area contributed by atoms with Crippen LogP contribution in [-0.2, 0) is 28.6 Å². The van der Waals surface area contributed by atoms with Crippen molar-refractivity contribution in [1.29, 1.82) is 0 Å². The molecule has 31 heavy (non-hydrogen) atoms. The minimum atomic E-state index is -4.41. The Bertz CT molecular complexity index is 1080. The number of rotatable bonds is 10. The van der Waals surface area contributed by atoms with Crippen molar-refractivity contribution >= 4 is 31.6 Å². The Balaban J connectivity index is 2.02. The van der Waals surface area contributed by atoms with E-state index >= 15 is 0 Å². The molecular weight excluding hydrogens is 460 g/mol. The van der Waals surface area contributed by atoms with Crippen molar-refractivity contribution in [2.75, 3.05) is 13.2 Å². The quantitative estimate of drug-likeness (QED) is 0.295. The lowest BCUT2D eigenvalue weighted by molar-refractivity contribution is -0.385. The number of non-ortho nitro benzene ring substituents is 2. The van der Waals surface area contributed by atoms with Gasteiger partial charge in [0, 0.05) is 24.3 Å². The predicted octanol–water partition coefficient (Wildman–Crippen LogP) is 1.36. The number of nitro benzene ring substituents is 2. The maximum Gasteiger partial charge on any atom is 0.297 e. The van der Waals surface area contributed by atoms with Crippen LogP contribution >= 0.6 is 0 Å². The monoisotopic (exact) mass is 476 g/mol. The number of hydrogen-bond acceptors (Lipinski definition) is 11. The molecule has 0 unspecified atom stereocenters. The second kappa shape index (κ2) is 9.03. The first-order valence-corrected chi connectivity index (χ1v) is 11.1. The lowest BCUT2D eigenvalue weighted by Gasteiger charge is -2.22. The lowest BCUT2D eigenvalue weighted by atomic mass is 10.1. The fourth-order valence-corrected chi connectivity index (χ4v) is 4.08. The minimum absolute atomic E-state index is 0.337. The van der Waals surface area contributed by atoms with Gasteiger partial charge in [-0.25, -0.2) is 0 Å². The summed E-state index contributed by atoms with van der Waals surface area (Å²) >= 11 is 0. The SMILES string of the molecule is CC(O)(COS(=O)(=O)c1ccc([N+](=O)[O-])cc1)COS(=O)(=O)c1ccc([N+](=O)[O-])cc1. The van der Waals surface area contributed by atoms with E-state index in [4.69, 9.17) is 8.37 Å². The Morgan fingerprint density at radius 3 is 1.32 bits per heavy atom. The van der Waals surface area contributed by atoms with Crippen LogP contribution in [0.1, 0.15) is 6.92 Å². The van der Waals surface area contributed by atoms with E-state index in [0.29, 0.717) is 0 Å². The predicted molar refractivity (Wildman–Crippen MR) is 103 cm³/mol. The van der Waals surface area contributed by atoms with Crippen molar-refractivity contribution in [2.24, 2.45) is 0 Å². The van der Waals surface area contributed by atoms with Crippen molar-refractivity contribution in [3.05, 3.63) is 68.8 Å². The Hall–Kier alpha value is -2.98. The zero-order chi connectivity index (χ0) is 23.4. The van der Waals surface area contributed by atoms with Crippen LogP contribution in [-0.4, -0.2) is 50.6 Å². The third-order valence-electron chi connectivity index (χ3n) is 3.72. The van der Waals surface area contributed by atoms with Crippen LogP contribution in [0.15, 0.2) is 58.3 Å². The molecule has 0 saturated carbocycles. The summed E-state index contributed by atoms with van der Waals surface area (Å²) in [7, 11) is -8.81. The molecule has 13 nitrogen and oxygen atoms in total. The third kappa shape index (κ3) is 6.50. The molecule has 2 aromatic carbocycles. The number of hydrogen-bond donors (Lipinski definition) is 1. The average molecular weight is 476 g/mol. The molecule has 0 aromatic heterocycles. The molecule has 0 bridgehead atoms. The van der Waals surface area contributed by atoms with Crippen molar-refractivity contribution in [1.82, 2.24) is 0 Å². The summed E-state index contributed by atoms with van der Waals surface area (Å²) in [5.74, 6) is 0. The molecule has 0 aliphatic rings. The maximum absolute atomic E-state index is 12.2. The molecule has 0 atom stereocenters. The highest BCUT2D eigenvalue weighted by Gasteiger charge is 2.29. The molecule has 2 aromatic rings. The molecule has 0 aliphatic carbocycles. The van der Waals surface area contributed by atoms with Gasteiger partial charge < -0.3 is 5.11 Å². The van der Waals surface area contributed by atoms with Gasteiger partial charge in [-0.2, -0.15) is 16.8 Å². The minimum Gasteiger partial charge on any atom is -0.385 e. The van der Waals surface area contributed by atoms with Gasteiger partial charge in [-0.15, -0.1) is 0 Å². The van der Waals surface area contributed by atoms with Gasteiger partial charge in [0.2, 0.25) is 0 Å². The fourth-order valence-electron chi connectivity index (χ4n) is 2.06. The largest absolute Gasteiger partial charge is 0.385 e. The molecule has 0 radical (unpaired) electrons. The van der Waals surface area contributed by atoms with E-state index in [9.17, 15) is 42.2 Å². The Labute approximate surface area is 176 Å². The molecule has 1 N–H and O–H groups in total. The van der Waals surface area contributed by atoms with Gasteiger partial charge in [-0.3, -0.25) is 28.6 Å². The van der Waals surface area contributed by atoms with Crippen LogP contribution < -0.4 is 0 Å². The second-order valence-corrected chi connectivity index (χ2v) is 9.66. The standard InChI is InChI=1S/C16H16N2O11S2/c1-16(19,10-28-30(24,25)14-6-2-12(3-7-14)17(20)21)11-29-31(26,27)15-8-4-13(5-9-15)18(22)23/h2-9,19H,10-11H2,1H3. The Morgan fingerprint density at radius 2 is 1.06 bits per heavy atom.